The molecule has 25 valence electrons. The maximum Gasteiger partial charge on any atom is 0.187 e. The summed E-state index contributed by atoms with van der Waals surface area (Å²) in [5.74, 6) is 0. The van der Waals surface area contributed by atoms with Crippen molar-refractivity contribution in [3.63, 3.8) is 0 Å². The fourth-order valence-corrected chi connectivity index (χ4v) is 0. The van der Waals surface area contributed by atoms with Crippen molar-refractivity contribution in [3.8, 4) is 0 Å². The quantitative estimate of drug-likeness (QED) is 0.442. The van der Waals surface area contributed by atoms with Gasteiger partial charge in [0.15, 0.2) is 17.4 Å². The molecule has 4 heavy (non-hydrogen) atoms. The molecule has 0 spiro atoms. The van der Waals surface area contributed by atoms with Crippen LogP contribution in [0.5, 0.6) is 0 Å². The molecule has 0 nitrogen and oxygen atoms in total. The normalized spacial score (nSPS) is 0. The van der Waals surface area contributed by atoms with E-state index >= 15 is 0 Å². The molecule has 1 radical (unpaired) electrons. The molecule has 0 aliphatic rings. The van der Waals surface area contributed by atoms with Crippen LogP contribution in [0.1, 0.15) is 0 Å². The smallest absolute Gasteiger partial charge is 0 e. The zero-order valence-electron chi connectivity index (χ0n) is 1.42. The third kappa shape index (κ3) is 8.88. The van der Waals surface area contributed by atoms with Crippen LogP contribution in [0.4, 0.5) is 0 Å². The first-order chi connectivity index (χ1) is 0. The van der Waals surface area contributed by atoms with Crippen molar-refractivity contribution in [2.24, 2.45) is 0 Å². The van der Waals surface area contributed by atoms with Crippen molar-refractivity contribution in [1.29, 1.82) is 0 Å². The molecule has 0 aromatic rings. The van der Waals surface area contributed by atoms with Gasteiger partial charge in [-0.3, -0.25) is 0 Å². The Morgan fingerprint density at radius 3 is 1.00 bits per heavy atom. The minimum Gasteiger partial charge on any atom is 0 e. The maximum atomic E-state index is 0. The Hall–Kier alpha value is 2.21. The Labute approximate surface area is 70.6 Å². The first-order valence-corrected chi connectivity index (χ1v) is 0. The predicted molar refractivity (Wildman–Crippen MR) is 9.94 cm³/mol. The van der Waals surface area contributed by atoms with E-state index in [1.807, 2.05) is 0 Å². The van der Waals surface area contributed by atoms with Gasteiger partial charge in [0, 0.05) is 53.9 Å². The molecule has 0 amide bonds. The molecule has 0 aromatic carbocycles. The topological polar surface area (TPSA) is 0 Å². The summed E-state index contributed by atoms with van der Waals surface area (Å²) in [7, 11) is 0. The molecule has 0 unspecified atom stereocenters. The molecule has 0 atom stereocenters. The van der Waals surface area contributed by atoms with Gasteiger partial charge in [0.05, 0.1) is 0 Å². The summed E-state index contributed by atoms with van der Waals surface area (Å²) in [6.07, 6.45) is 0. The Morgan fingerprint density at radius 1 is 1.00 bits per heavy atom. The molecule has 0 aliphatic carbocycles. The Balaban J connectivity index is 0. The predicted octanol–water partition coefficient (Wildman–Crippen LogP) is -1.19. The molecule has 0 aromatic heterocycles. The van der Waals surface area contributed by atoms with Gasteiger partial charge in [-0.05, 0) is 0 Å². The third-order valence-electron chi connectivity index (χ3n) is 0. The molecular weight excluding hydrogens is 208 g/mol. The molecule has 0 aliphatic heterocycles. The van der Waals surface area contributed by atoms with Crippen LogP contribution in [0.15, 0.2) is 0 Å². The maximum absolute atomic E-state index is 0. The summed E-state index contributed by atoms with van der Waals surface area (Å²) in [5, 5.41) is 0. The van der Waals surface area contributed by atoms with Crippen LogP contribution in [0, 0.1) is 0 Å². The van der Waals surface area contributed by atoms with Gasteiger partial charge in [-0.1, -0.05) is 0 Å². The minimum atomic E-state index is 0. The van der Waals surface area contributed by atoms with Crippen molar-refractivity contribution in [2.75, 3.05) is 0 Å². The molecule has 4 heteroatoms. The van der Waals surface area contributed by atoms with Gasteiger partial charge < -0.3 is 0 Å². The first kappa shape index (κ1) is 34.5. The number of rotatable bonds is 0. The van der Waals surface area contributed by atoms with Crippen LogP contribution < -0.4 is 0 Å². The van der Waals surface area contributed by atoms with E-state index in [1.54, 1.807) is 0 Å². The third-order valence-corrected chi connectivity index (χ3v) is 0. The van der Waals surface area contributed by atoms with Crippen LogP contribution in [0.2, 0.25) is 0 Å². The Kier molecular flexibility index (Phi) is 163. The van der Waals surface area contributed by atoms with Gasteiger partial charge in [0.2, 0.25) is 0 Å². The Bertz CT molecular complexity index is 8.00. The first-order valence-electron chi connectivity index (χ1n) is 0. The van der Waals surface area contributed by atoms with Gasteiger partial charge >= 0.3 is 0 Å². The van der Waals surface area contributed by atoms with E-state index in [0.717, 1.165) is 0 Å². The van der Waals surface area contributed by atoms with E-state index in [2.05, 4.69) is 0 Å². The standard InChI is InChI=1S/Al.Cr.Cu.Zn.3H. The SMILES string of the molecule is [AlH3].[Cr].[Cu].[Zn]. The van der Waals surface area contributed by atoms with Crippen molar-refractivity contribution in [1.82, 2.24) is 0 Å². The Morgan fingerprint density at radius 2 is 1.00 bits per heavy atom. The average Bonchev–Trinajstić information content (AvgIpc) is 0. The van der Waals surface area contributed by atoms with Gasteiger partial charge in [0.25, 0.3) is 0 Å². The fraction of sp³-hybridized carbons (Fsp3) is 0. The van der Waals surface area contributed by atoms with Gasteiger partial charge in [-0.25, -0.2) is 0 Å². The number of hydrogen-bond acceptors (Lipinski definition) is 0. The van der Waals surface area contributed by atoms with Crippen molar-refractivity contribution in [3.05, 3.63) is 0 Å². The molecule has 0 N–H and O–H groups in total. The fourth-order valence-electron chi connectivity index (χ4n) is 0. The molecule has 0 bridgehead atoms. The van der Waals surface area contributed by atoms with Crippen molar-refractivity contribution < 1.29 is 53.9 Å². The van der Waals surface area contributed by atoms with E-state index in [0.29, 0.717) is 0 Å². The van der Waals surface area contributed by atoms with Crippen LogP contribution in [0.25, 0.3) is 0 Å². The van der Waals surface area contributed by atoms with Crippen molar-refractivity contribution in [2.45, 2.75) is 0 Å². The largest absolute Gasteiger partial charge is 0.187 e. The van der Waals surface area contributed by atoms with Crippen LogP contribution >= 0.6 is 0 Å². The second-order valence-electron chi connectivity index (χ2n) is 0. The zero-order chi connectivity index (χ0) is 0. The van der Waals surface area contributed by atoms with Gasteiger partial charge in [-0.2, -0.15) is 0 Å². The van der Waals surface area contributed by atoms with Crippen LogP contribution in [0.3, 0.4) is 0 Å². The summed E-state index contributed by atoms with van der Waals surface area (Å²) in [6, 6.07) is 0. The molecule has 0 saturated carbocycles. The van der Waals surface area contributed by atoms with E-state index in [-0.39, 0.29) is 71.3 Å². The van der Waals surface area contributed by atoms with E-state index in [4.69, 9.17) is 0 Å². The van der Waals surface area contributed by atoms with E-state index < -0.39 is 0 Å². The summed E-state index contributed by atoms with van der Waals surface area (Å²) >= 11 is 0. The van der Waals surface area contributed by atoms with E-state index in [9.17, 15) is 0 Å². The van der Waals surface area contributed by atoms with Gasteiger partial charge in [-0.15, -0.1) is 0 Å². The van der Waals surface area contributed by atoms with Crippen molar-refractivity contribution >= 4 is 17.4 Å². The molecule has 0 heterocycles. The summed E-state index contributed by atoms with van der Waals surface area (Å²) in [6.45, 7) is 0. The average molecular weight is 211 g/mol. The van der Waals surface area contributed by atoms with Gasteiger partial charge in [0.1, 0.15) is 0 Å². The molecule has 0 rings (SSSR count). The monoisotopic (exact) mass is 209 g/mol. The van der Waals surface area contributed by atoms with Crippen LogP contribution in [-0.4, -0.2) is 17.4 Å². The summed E-state index contributed by atoms with van der Waals surface area (Å²) in [5.41, 5.74) is 0. The number of hydrogen-bond donors (Lipinski definition) is 0. The summed E-state index contributed by atoms with van der Waals surface area (Å²) in [4.78, 5) is 0. The molecular formula is H3AlCrCuZn. The minimum absolute atomic E-state index is 0. The zero-order valence-corrected chi connectivity index (χ0v) is 6.60. The second-order valence-corrected chi connectivity index (χ2v) is 0. The second kappa shape index (κ2) is 18.9. The summed E-state index contributed by atoms with van der Waals surface area (Å²) < 4.78 is 0. The molecule has 0 saturated heterocycles. The molecule has 0 fully saturated rings. The van der Waals surface area contributed by atoms with Crippen LogP contribution in [-0.2, 0) is 53.9 Å². The van der Waals surface area contributed by atoms with E-state index in [1.165, 1.54) is 0 Å².